The van der Waals surface area contributed by atoms with Crippen molar-refractivity contribution in [3.63, 3.8) is 0 Å². The van der Waals surface area contributed by atoms with Crippen molar-refractivity contribution < 1.29 is 4.74 Å². The Bertz CT molecular complexity index is 457. The number of benzene rings is 1. The Morgan fingerprint density at radius 3 is 2.38 bits per heavy atom. The van der Waals surface area contributed by atoms with Crippen molar-refractivity contribution in [2.24, 2.45) is 5.92 Å². The Morgan fingerprint density at radius 1 is 1.00 bits per heavy atom. The lowest BCUT2D eigenvalue weighted by Gasteiger charge is -2.42. The average molecular weight is 286 g/mol. The van der Waals surface area contributed by atoms with Crippen molar-refractivity contribution in [1.82, 2.24) is 10.2 Å². The minimum Gasteiger partial charge on any atom is -0.493 e. The predicted octanol–water partition coefficient (Wildman–Crippen LogP) is 2.80. The van der Waals surface area contributed by atoms with E-state index in [0.717, 1.165) is 36.9 Å². The summed E-state index contributed by atoms with van der Waals surface area (Å²) in [7, 11) is 0. The lowest BCUT2D eigenvalue weighted by molar-refractivity contribution is 0.119. The molecule has 4 rings (SSSR count). The van der Waals surface area contributed by atoms with Crippen molar-refractivity contribution in [3.8, 4) is 5.75 Å². The quantitative estimate of drug-likeness (QED) is 0.901. The Morgan fingerprint density at radius 2 is 1.71 bits per heavy atom. The van der Waals surface area contributed by atoms with E-state index < -0.39 is 0 Å². The van der Waals surface area contributed by atoms with Gasteiger partial charge in [-0.05, 0) is 49.3 Å². The van der Waals surface area contributed by atoms with Crippen LogP contribution < -0.4 is 10.1 Å². The number of hydrogen-bond acceptors (Lipinski definition) is 3. The molecule has 2 heterocycles. The van der Waals surface area contributed by atoms with Crippen molar-refractivity contribution in [1.29, 1.82) is 0 Å². The second-order valence-corrected chi connectivity index (χ2v) is 7.08. The number of rotatable bonds is 5. The first-order valence-electron chi connectivity index (χ1n) is 8.55. The molecule has 2 aliphatic heterocycles. The van der Waals surface area contributed by atoms with Crippen LogP contribution in [0.2, 0.25) is 0 Å². The van der Waals surface area contributed by atoms with Gasteiger partial charge in [-0.3, -0.25) is 4.90 Å². The second-order valence-electron chi connectivity index (χ2n) is 7.08. The van der Waals surface area contributed by atoms with Gasteiger partial charge in [-0.1, -0.05) is 18.6 Å². The van der Waals surface area contributed by atoms with Gasteiger partial charge in [0, 0.05) is 31.7 Å². The molecule has 21 heavy (non-hydrogen) atoms. The van der Waals surface area contributed by atoms with Gasteiger partial charge in [-0.2, -0.15) is 0 Å². The van der Waals surface area contributed by atoms with E-state index in [1.54, 1.807) is 0 Å². The van der Waals surface area contributed by atoms with Gasteiger partial charge in [0.15, 0.2) is 0 Å². The molecule has 1 N–H and O–H groups in total. The van der Waals surface area contributed by atoms with Gasteiger partial charge in [0.05, 0.1) is 6.61 Å². The highest BCUT2D eigenvalue weighted by Crippen LogP contribution is 2.29. The molecule has 3 aliphatic rings. The molecule has 0 spiro atoms. The Hall–Kier alpha value is -1.06. The molecule has 1 saturated carbocycles. The fraction of sp³-hybridized carbons (Fsp3) is 0.667. The third-order valence-corrected chi connectivity index (χ3v) is 5.05. The van der Waals surface area contributed by atoms with Gasteiger partial charge >= 0.3 is 0 Å². The number of fused-ring (bicyclic) bond motifs is 2. The number of ether oxygens (including phenoxy) is 1. The predicted molar refractivity (Wildman–Crippen MR) is 84.5 cm³/mol. The van der Waals surface area contributed by atoms with E-state index in [-0.39, 0.29) is 0 Å². The van der Waals surface area contributed by atoms with Crippen LogP contribution in [0.1, 0.15) is 37.7 Å². The summed E-state index contributed by atoms with van der Waals surface area (Å²) < 4.78 is 5.81. The normalized spacial score (nSPS) is 29.3. The van der Waals surface area contributed by atoms with Gasteiger partial charge in [0.25, 0.3) is 0 Å². The van der Waals surface area contributed by atoms with E-state index in [4.69, 9.17) is 4.74 Å². The minimum atomic E-state index is 0.721. The fourth-order valence-corrected chi connectivity index (χ4v) is 3.67. The highest BCUT2D eigenvalue weighted by atomic mass is 16.5. The van der Waals surface area contributed by atoms with Crippen LogP contribution >= 0.6 is 0 Å². The molecule has 3 fully saturated rings. The molecule has 0 radical (unpaired) electrons. The Balaban J connectivity index is 1.31. The smallest absolute Gasteiger partial charge is 0.119 e. The molecule has 2 unspecified atom stereocenters. The first-order chi connectivity index (χ1) is 10.3. The third-order valence-electron chi connectivity index (χ3n) is 5.05. The zero-order valence-corrected chi connectivity index (χ0v) is 12.8. The van der Waals surface area contributed by atoms with Crippen molar-refractivity contribution in [2.45, 2.75) is 50.7 Å². The number of likely N-dealkylation sites (tertiary alicyclic amines) is 1. The first kappa shape index (κ1) is 13.6. The summed E-state index contributed by atoms with van der Waals surface area (Å²) in [4.78, 5) is 2.62. The molecule has 2 saturated heterocycles. The van der Waals surface area contributed by atoms with E-state index in [1.165, 1.54) is 50.8 Å². The van der Waals surface area contributed by atoms with Crippen LogP contribution in [0.25, 0.3) is 0 Å². The summed E-state index contributed by atoms with van der Waals surface area (Å²) in [6.07, 6.45) is 6.80. The Kier molecular flexibility index (Phi) is 3.87. The highest BCUT2D eigenvalue weighted by Gasteiger charge is 2.29. The maximum absolute atomic E-state index is 5.81. The molecule has 0 aromatic heterocycles. The summed E-state index contributed by atoms with van der Waals surface area (Å²) in [5.41, 5.74) is 1.41. The van der Waals surface area contributed by atoms with Crippen LogP contribution in [0, 0.1) is 5.92 Å². The molecular formula is C18H26N2O. The molecule has 114 valence electrons. The lowest BCUT2D eigenvalue weighted by Crippen LogP contribution is -2.58. The minimum absolute atomic E-state index is 0.721. The lowest BCUT2D eigenvalue weighted by atomic mass is 9.94. The van der Waals surface area contributed by atoms with Gasteiger partial charge in [0.2, 0.25) is 0 Å². The van der Waals surface area contributed by atoms with E-state index >= 15 is 0 Å². The SMILES string of the molecule is c1cc(OCC2CC2)ccc1CN1CC2CCCC(C1)N2. The van der Waals surface area contributed by atoms with Crippen molar-refractivity contribution in [3.05, 3.63) is 29.8 Å². The van der Waals surface area contributed by atoms with Crippen molar-refractivity contribution >= 4 is 0 Å². The van der Waals surface area contributed by atoms with Crippen LogP contribution in [0.4, 0.5) is 0 Å². The average Bonchev–Trinajstić information content (AvgIpc) is 3.30. The molecule has 3 nitrogen and oxygen atoms in total. The summed E-state index contributed by atoms with van der Waals surface area (Å²) in [6.45, 7) is 4.39. The molecule has 2 atom stereocenters. The molecule has 1 aromatic rings. The van der Waals surface area contributed by atoms with E-state index in [9.17, 15) is 0 Å². The number of nitrogens with one attached hydrogen (secondary N) is 1. The highest BCUT2D eigenvalue weighted by molar-refractivity contribution is 5.27. The molecule has 3 heteroatoms. The number of hydrogen-bond donors (Lipinski definition) is 1. The van der Waals surface area contributed by atoms with E-state index in [1.807, 2.05) is 0 Å². The standard InChI is InChI=1S/C18H26N2O/c1-2-16-11-20(12-17(3-1)19-16)10-14-6-8-18(9-7-14)21-13-15-4-5-15/h6-9,15-17,19H,1-5,10-13H2. The summed E-state index contributed by atoms with van der Waals surface area (Å²) in [5.74, 6) is 1.85. The zero-order chi connectivity index (χ0) is 14.1. The summed E-state index contributed by atoms with van der Waals surface area (Å²) >= 11 is 0. The first-order valence-corrected chi connectivity index (χ1v) is 8.55. The second kappa shape index (κ2) is 5.98. The van der Waals surface area contributed by atoms with Gasteiger partial charge in [-0.15, -0.1) is 0 Å². The number of piperidine rings is 1. The molecule has 1 aliphatic carbocycles. The van der Waals surface area contributed by atoms with Gasteiger partial charge in [0.1, 0.15) is 5.75 Å². The maximum Gasteiger partial charge on any atom is 0.119 e. The third kappa shape index (κ3) is 3.58. The zero-order valence-electron chi connectivity index (χ0n) is 12.8. The number of nitrogens with zero attached hydrogens (tertiary/aromatic N) is 1. The summed E-state index contributed by atoms with van der Waals surface area (Å²) in [5, 5.41) is 3.75. The van der Waals surface area contributed by atoms with Crippen LogP contribution in [-0.4, -0.2) is 36.7 Å². The van der Waals surface area contributed by atoms with Crippen LogP contribution in [0.3, 0.4) is 0 Å². The molecule has 1 aromatic carbocycles. The van der Waals surface area contributed by atoms with Crippen LogP contribution in [0.5, 0.6) is 5.75 Å². The molecular weight excluding hydrogens is 260 g/mol. The van der Waals surface area contributed by atoms with E-state index in [2.05, 4.69) is 34.5 Å². The fourth-order valence-electron chi connectivity index (χ4n) is 3.67. The van der Waals surface area contributed by atoms with Gasteiger partial charge in [-0.25, -0.2) is 0 Å². The largest absolute Gasteiger partial charge is 0.493 e. The monoisotopic (exact) mass is 286 g/mol. The van der Waals surface area contributed by atoms with Crippen molar-refractivity contribution in [2.75, 3.05) is 19.7 Å². The van der Waals surface area contributed by atoms with Gasteiger partial charge < -0.3 is 10.1 Å². The van der Waals surface area contributed by atoms with E-state index in [0.29, 0.717) is 0 Å². The molecule has 2 bridgehead atoms. The maximum atomic E-state index is 5.81. The Labute approximate surface area is 127 Å². The van der Waals surface area contributed by atoms with Crippen LogP contribution in [-0.2, 0) is 6.54 Å². The summed E-state index contributed by atoms with van der Waals surface area (Å²) in [6, 6.07) is 10.2. The van der Waals surface area contributed by atoms with Crippen LogP contribution in [0.15, 0.2) is 24.3 Å². The molecule has 0 amide bonds. The number of piperazine rings is 1. The topological polar surface area (TPSA) is 24.5 Å².